The van der Waals surface area contributed by atoms with Crippen LogP contribution in [0.1, 0.15) is 31.7 Å². The van der Waals surface area contributed by atoms with Crippen molar-refractivity contribution < 1.29 is 9.53 Å². The van der Waals surface area contributed by atoms with E-state index < -0.39 is 0 Å². The first-order valence-electron chi connectivity index (χ1n) is 7.01. The lowest BCUT2D eigenvalue weighted by molar-refractivity contribution is -0.122. The third-order valence-electron chi connectivity index (χ3n) is 3.51. The Balaban J connectivity index is 2.25. The maximum absolute atomic E-state index is 12.0. The summed E-state index contributed by atoms with van der Waals surface area (Å²) in [6, 6.07) is 12.1. The summed E-state index contributed by atoms with van der Waals surface area (Å²) in [5.41, 5.74) is 1.04. The molecular weight excluding hydrogens is 250 g/mol. The van der Waals surface area contributed by atoms with Crippen LogP contribution in [0.4, 0.5) is 0 Å². The zero-order valence-electron chi connectivity index (χ0n) is 12.3. The van der Waals surface area contributed by atoms with Crippen LogP contribution in [0.15, 0.2) is 36.4 Å². The predicted octanol–water partition coefficient (Wildman–Crippen LogP) is 3.48. The molecule has 0 heterocycles. The highest BCUT2D eigenvalue weighted by Gasteiger charge is 2.14. The molecule has 0 saturated carbocycles. The Morgan fingerprint density at radius 1 is 1.20 bits per heavy atom. The zero-order chi connectivity index (χ0) is 14.5. The second kappa shape index (κ2) is 6.42. The van der Waals surface area contributed by atoms with Crippen LogP contribution in [0.25, 0.3) is 10.8 Å². The number of carbonyl (C=O) groups is 1. The van der Waals surface area contributed by atoms with Crippen LogP contribution in [-0.4, -0.2) is 19.6 Å². The van der Waals surface area contributed by atoms with E-state index in [9.17, 15) is 4.79 Å². The van der Waals surface area contributed by atoms with E-state index in [0.717, 1.165) is 35.1 Å². The van der Waals surface area contributed by atoms with Crippen molar-refractivity contribution in [2.75, 3.05) is 13.7 Å². The molecule has 0 aliphatic carbocycles. The third kappa shape index (κ3) is 3.10. The van der Waals surface area contributed by atoms with Crippen LogP contribution in [0.5, 0.6) is 5.75 Å². The first kappa shape index (κ1) is 14.4. The van der Waals surface area contributed by atoms with Gasteiger partial charge in [0.05, 0.1) is 13.0 Å². The van der Waals surface area contributed by atoms with Gasteiger partial charge in [-0.3, -0.25) is 4.79 Å². The molecule has 0 aliphatic heterocycles. The summed E-state index contributed by atoms with van der Waals surface area (Å²) in [6.07, 6.45) is 0.954. The molecule has 0 fully saturated rings. The standard InChI is InChI=1S/C17H21NO2/c1-4-9-18-17(19)12(2)13-5-6-15-11-16(20-3)8-7-14(15)10-13/h5-8,10-12H,4,9H2,1-3H3,(H,18,19)/t12-/m1/s1. The third-order valence-corrected chi connectivity index (χ3v) is 3.51. The minimum absolute atomic E-state index is 0.0831. The highest BCUT2D eigenvalue weighted by atomic mass is 16.5. The molecule has 1 atom stereocenters. The van der Waals surface area contributed by atoms with Gasteiger partial charge in [0.25, 0.3) is 0 Å². The lowest BCUT2D eigenvalue weighted by atomic mass is 9.97. The van der Waals surface area contributed by atoms with E-state index in [-0.39, 0.29) is 11.8 Å². The van der Waals surface area contributed by atoms with Gasteiger partial charge in [-0.05, 0) is 41.8 Å². The molecule has 20 heavy (non-hydrogen) atoms. The van der Waals surface area contributed by atoms with Crippen LogP contribution >= 0.6 is 0 Å². The summed E-state index contributed by atoms with van der Waals surface area (Å²) < 4.78 is 5.22. The minimum atomic E-state index is -0.131. The van der Waals surface area contributed by atoms with E-state index >= 15 is 0 Å². The van der Waals surface area contributed by atoms with Gasteiger partial charge in [-0.15, -0.1) is 0 Å². The van der Waals surface area contributed by atoms with Crippen molar-refractivity contribution in [1.29, 1.82) is 0 Å². The molecular formula is C17H21NO2. The number of amides is 1. The first-order chi connectivity index (χ1) is 9.65. The largest absolute Gasteiger partial charge is 0.497 e. The quantitative estimate of drug-likeness (QED) is 0.904. The van der Waals surface area contributed by atoms with Crippen LogP contribution in [-0.2, 0) is 4.79 Å². The smallest absolute Gasteiger partial charge is 0.227 e. The number of hydrogen-bond acceptors (Lipinski definition) is 2. The van der Waals surface area contributed by atoms with Crippen LogP contribution in [0, 0.1) is 0 Å². The number of rotatable bonds is 5. The minimum Gasteiger partial charge on any atom is -0.497 e. The highest BCUT2D eigenvalue weighted by molar-refractivity contribution is 5.88. The predicted molar refractivity (Wildman–Crippen MR) is 82.2 cm³/mol. The number of fused-ring (bicyclic) bond motifs is 1. The summed E-state index contributed by atoms with van der Waals surface area (Å²) in [5, 5.41) is 5.18. The molecule has 106 valence electrons. The Morgan fingerprint density at radius 2 is 1.90 bits per heavy atom. The fourth-order valence-corrected chi connectivity index (χ4v) is 2.19. The van der Waals surface area contributed by atoms with Gasteiger partial charge in [-0.25, -0.2) is 0 Å². The molecule has 3 heteroatoms. The van der Waals surface area contributed by atoms with E-state index in [1.54, 1.807) is 7.11 Å². The Bertz CT molecular complexity index is 607. The number of nitrogens with one attached hydrogen (secondary N) is 1. The van der Waals surface area contributed by atoms with Gasteiger partial charge < -0.3 is 10.1 Å². The van der Waals surface area contributed by atoms with E-state index in [1.165, 1.54) is 0 Å². The molecule has 0 spiro atoms. The van der Waals surface area contributed by atoms with Gasteiger partial charge in [0.15, 0.2) is 0 Å². The molecule has 3 nitrogen and oxygen atoms in total. The van der Waals surface area contributed by atoms with Gasteiger partial charge in [0.1, 0.15) is 5.75 Å². The Hall–Kier alpha value is -2.03. The van der Waals surface area contributed by atoms with Crippen molar-refractivity contribution in [3.05, 3.63) is 42.0 Å². The molecule has 1 amide bonds. The SMILES string of the molecule is CCCNC(=O)[C@H](C)c1ccc2cc(OC)ccc2c1. The lowest BCUT2D eigenvalue weighted by Gasteiger charge is -2.13. The van der Waals surface area contributed by atoms with Crippen molar-refractivity contribution >= 4 is 16.7 Å². The van der Waals surface area contributed by atoms with Crippen LogP contribution < -0.4 is 10.1 Å². The van der Waals surface area contributed by atoms with Gasteiger partial charge in [0.2, 0.25) is 5.91 Å². The molecule has 0 bridgehead atoms. The average molecular weight is 271 g/mol. The van der Waals surface area contributed by atoms with Gasteiger partial charge in [0, 0.05) is 6.54 Å². The molecule has 2 aromatic rings. The lowest BCUT2D eigenvalue weighted by Crippen LogP contribution is -2.28. The topological polar surface area (TPSA) is 38.3 Å². The fourth-order valence-electron chi connectivity index (χ4n) is 2.19. The molecule has 1 N–H and O–H groups in total. The van der Waals surface area contributed by atoms with Crippen molar-refractivity contribution in [3.63, 3.8) is 0 Å². The number of methoxy groups -OCH3 is 1. The summed E-state index contributed by atoms with van der Waals surface area (Å²) >= 11 is 0. The van der Waals surface area contributed by atoms with Gasteiger partial charge >= 0.3 is 0 Å². The summed E-state index contributed by atoms with van der Waals surface area (Å²) in [4.78, 5) is 12.0. The van der Waals surface area contributed by atoms with Crippen molar-refractivity contribution in [3.8, 4) is 5.75 Å². The molecule has 0 radical (unpaired) electrons. The van der Waals surface area contributed by atoms with E-state index in [0.29, 0.717) is 0 Å². The van der Waals surface area contributed by atoms with Gasteiger partial charge in [-0.1, -0.05) is 31.2 Å². The van der Waals surface area contributed by atoms with E-state index in [1.807, 2.05) is 44.2 Å². The summed E-state index contributed by atoms with van der Waals surface area (Å²) in [5.74, 6) is 0.798. The molecule has 0 aromatic heterocycles. The highest BCUT2D eigenvalue weighted by Crippen LogP contribution is 2.25. The van der Waals surface area contributed by atoms with Crippen LogP contribution in [0.3, 0.4) is 0 Å². The maximum atomic E-state index is 12.0. The fraction of sp³-hybridized carbons (Fsp3) is 0.353. The number of benzene rings is 2. The zero-order valence-corrected chi connectivity index (χ0v) is 12.3. The summed E-state index contributed by atoms with van der Waals surface area (Å²) in [6.45, 7) is 4.72. The number of hydrogen-bond donors (Lipinski definition) is 1. The average Bonchev–Trinajstić information content (AvgIpc) is 2.50. The van der Waals surface area contributed by atoms with E-state index in [4.69, 9.17) is 4.74 Å². The summed E-state index contributed by atoms with van der Waals surface area (Å²) in [7, 11) is 1.66. The molecule has 0 saturated heterocycles. The molecule has 2 aromatic carbocycles. The number of ether oxygens (including phenoxy) is 1. The molecule has 2 rings (SSSR count). The Kier molecular flexibility index (Phi) is 4.61. The normalized spacial score (nSPS) is 12.2. The molecule has 0 unspecified atom stereocenters. The second-order valence-electron chi connectivity index (χ2n) is 4.99. The monoisotopic (exact) mass is 271 g/mol. The van der Waals surface area contributed by atoms with Gasteiger partial charge in [-0.2, -0.15) is 0 Å². The molecule has 0 aliphatic rings. The van der Waals surface area contributed by atoms with Crippen molar-refractivity contribution in [1.82, 2.24) is 5.32 Å². The van der Waals surface area contributed by atoms with Crippen molar-refractivity contribution in [2.24, 2.45) is 0 Å². The van der Waals surface area contributed by atoms with Crippen molar-refractivity contribution in [2.45, 2.75) is 26.2 Å². The maximum Gasteiger partial charge on any atom is 0.227 e. The Morgan fingerprint density at radius 3 is 2.60 bits per heavy atom. The number of carbonyl (C=O) groups excluding carboxylic acids is 1. The van der Waals surface area contributed by atoms with E-state index in [2.05, 4.69) is 11.4 Å². The van der Waals surface area contributed by atoms with Crippen LogP contribution in [0.2, 0.25) is 0 Å². The first-order valence-corrected chi connectivity index (χ1v) is 7.01. The second-order valence-corrected chi connectivity index (χ2v) is 4.99. The Labute approximate surface area is 119 Å².